The van der Waals surface area contributed by atoms with Gasteiger partial charge in [0, 0.05) is 17.7 Å². The lowest BCUT2D eigenvalue weighted by atomic mass is 9.99. The van der Waals surface area contributed by atoms with E-state index in [1.54, 1.807) is 0 Å². The topological polar surface area (TPSA) is 95.6 Å². The Morgan fingerprint density at radius 2 is 1.84 bits per heavy atom. The van der Waals surface area contributed by atoms with Crippen LogP contribution in [0.1, 0.15) is 32.4 Å². The van der Waals surface area contributed by atoms with Crippen LogP contribution in [0.15, 0.2) is 24.3 Å². The molecule has 0 aromatic heterocycles. The molecule has 3 N–H and O–H groups in total. The molecule has 0 aliphatic carbocycles. The number of hydrogen-bond donors (Lipinski definition) is 3. The molecule has 0 aliphatic heterocycles. The van der Waals surface area contributed by atoms with Crippen LogP contribution in [-0.4, -0.2) is 33.3 Å². The third kappa shape index (κ3) is 4.59. The molecule has 2 atom stereocenters. The van der Waals surface area contributed by atoms with Crippen LogP contribution in [0.25, 0.3) is 0 Å². The zero-order chi connectivity index (χ0) is 14.6. The van der Waals surface area contributed by atoms with E-state index in [0.717, 1.165) is 0 Å². The fraction of sp³-hybridized carbons (Fsp3) is 0.538. The van der Waals surface area contributed by atoms with Crippen LogP contribution in [0.3, 0.4) is 0 Å². The number of nitrogens with one attached hydrogen (secondary N) is 1. The Bertz CT molecular complexity index is 425. The van der Waals surface area contributed by atoms with E-state index in [0.29, 0.717) is 5.56 Å². The molecule has 0 heterocycles. The number of non-ortho nitro benzene ring substituents is 1. The summed E-state index contributed by atoms with van der Waals surface area (Å²) in [7, 11) is 0. The minimum Gasteiger partial charge on any atom is -0.395 e. The normalized spacial score (nSPS) is 15.0. The zero-order valence-corrected chi connectivity index (χ0v) is 11.3. The van der Waals surface area contributed by atoms with Crippen LogP contribution in [0.2, 0.25) is 0 Å². The average Bonchev–Trinajstić information content (AvgIpc) is 2.34. The summed E-state index contributed by atoms with van der Waals surface area (Å²) in [4.78, 5) is 10.1. The van der Waals surface area contributed by atoms with Crippen molar-refractivity contribution in [2.75, 3.05) is 6.61 Å². The van der Waals surface area contributed by atoms with Gasteiger partial charge in [0.15, 0.2) is 0 Å². The first kappa shape index (κ1) is 15.6. The lowest BCUT2D eigenvalue weighted by Gasteiger charge is -2.30. The summed E-state index contributed by atoms with van der Waals surface area (Å²) in [6.45, 7) is 5.56. The number of aliphatic hydroxyl groups is 2. The molecule has 0 aliphatic rings. The van der Waals surface area contributed by atoms with E-state index < -0.39 is 17.1 Å². The first-order valence-corrected chi connectivity index (χ1v) is 6.05. The standard InChI is InChI=1S/C13H20N2O4/c1-13(2,3)14-11(8-16)12(17)9-4-6-10(7-5-9)15(18)19/h4-7,11-12,14,16-17H,8H2,1-3H3/t11-,12-/m1/s1. The number of aliphatic hydroxyl groups excluding tert-OH is 2. The molecular weight excluding hydrogens is 248 g/mol. The lowest BCUT2D eigenvalue weighted by Crippen LogP contribution is -2.48. The van der Waals surface area contributed by atoms with E-state index >= 15 is 0 Å². The average molecular weight is 268 g/mol. The molecule has 1 aromatic rings. The Kier molecular flexibility index (Phi) is 4.99. The molecule has 0 saturated carbocycles. The highest BCUT2D eigenvalue weighted by atomic mass is 16.6. The number of nitro benzene ring substituents is 1. The van der Waals surface area contributed by atoms with Gasteiger partial charge in [0.25, 0.3) is 5.69 Å². The van der Waals surface area contributed by atoms with Gasteiger partial charge in [-0.25, -0.2) is 0 Å². The fourth-order valence-electron chi connectivity index (χ4n) is 1.81. The monoisotopic (exact) mass is 268 g/mol. The number of rotatable bonds is 5. The molecular formula is C13H20N2O4. The van der Waals surface area contributed by atoms with Crippen LogP contribution in [-0.2, 0) is 0 Å². The van der Waals surface area contributed by atoms with Crippen molar-refractivity contribution in [2.24, 2.45) is 0 Å². The van der Waals surface area contributed by atoms with Gasteiger partial charge in [-0.05, 0) is 38.5 Å². The van der Waals surface area contributed by atoms with Crippen LogP contribution in [0.5, 0.6) is 0 Å². The third-order valence-electron chi connectivity index (χ3n) is 2.64. The number of benzene rings is 1. The van der Waals surface area contributed by atoms with Crippen LogP contribution in [0, 0.1) is 10.1 Å². The van der Waals surface area contributed by atoms with Crippen LogP contribution in [0.4, 0.5) is 5.69 Å². The number of hydrogen-bond acceptors (Lipinski definition) is 5. The molecule has 0 spiro atoms. The maximum atomic E-state index is 10.6. The van der Waals surface area contributed by atoms with Crippen molar-refractivity contribution in [3.05, 3.63) is 39.9 Å². The second-order valence-electron chi connectivity index (χ2n) is 5.48. The largest absolute Gasteiger partial charge is 0.395 e. The smallest absolute Gasteiger partial charge is 0.269 e. The van der Waals surface area contributed by atoms with Crippen molar-refractivity contribution in [2.45, 2.75) is 38.5 Å². The van der Waals surface area contributed by atoms with Crippen molar-refractivity contribution in [3.8, 4) is 0 Å². The molecule has 19 heavy (non-hydrogen) atoms. The van der Waals surface area contributed by atoms with Gasteiger partial charge >= 0.3 is 0 Å². The summed E-state index contributed by atoms with van der Waals surface area (Å²) < 4.78 is 0. The van der Waals surface area contributed by atoms with Gasteiger partial charge in [0.2, 0.25) is 0 Å². The van der Waals surface area contributed by atoms with Crippen molar-refractivity contribution in [3.63, 3.8) is 0 Å². The molecule has 106 valence electrons. The summed E-state index contributed by atoms with van der Waals surface area (Å²) in [5, 5.41) is 33.2. The van der Waals surface area contributed by atoms with E-state index in [4.69, 9.17) is 0 Å². The van der Waals surface area contributed by atoms with Crippen LogP contribution >= 0.6 is 0 Å². The van der Waals surface area contributed by atoms with E-state index in [1.165, 1.54) is 24.3 Å². The van der Waals surface area contributed by atoms with Gasteiger partial charge in [0.1, 0.15) is 0 Å². The Balaban J connectivity index is 2.85. The molecule has 6 heteroatoms. The van der Waals surface area contributed by atoms with Crippen molar-refractivity contribution < 1.29 is 15.1 Å². The van der Waals surface area contributed by atoms with Crippen molar-refractivity contribution >= 4 is 5.69 Å². The second-order valence-corrected chi connectivity index (χ2v) is 5.48. The summed E-state index contributed by atoms with van der Waals surface area (Å²) in [6.07, 6.45) is -0.926. The van der Waals surface area contributed by atoms with Crippen molar-refractivity contribution in [1.82, 2.24) is 5.32 Å². The van der Waals surface area contributed by atoms with E-state index in [-0.39, 0.29) is 17.8 Å². The molecule has 0 fully saturated rings. The van der Waals surface area contributed by atoms with Gasteiger partial charge in [-0.2, -0.15) is 0 Å². The molecule has 0 unspecified atom stereocenters. The van der Waals surface area contributed by atoms with Gasteiger partial charge in [0.05, 0.1) is 23.7 Å². The Labute approximate surface area is 112 Å². The van der Waals surface area contributed by atoms with Gasteiger partial charge in [-0.3, -0.25) is 10.1 Å². The van der Waals surface area contributed by atoms with Crippen molar-refractivity contribution in [1.29, 1.82) is 0 Å². The summed E-state index contributed by atoms with van der Waals surface area (Å²) in [5.41, 5.74) is 0.247. The number of nitro groups is 1. The maximum absolute atomic E-state index is 10.6. The second kappa shape index (κ2) is 6.10. The summed E-state index contributed by atoms with van der Waals surface area (Å²) in [5.74, 6) is 0. The molecule has 0 bridgehead atoms. The quantitative estimate of drug-likeness (QED) is 0.554. The Morgan fingerprint density at radius 1 is 1.32 bits per heavy atom. The number of nitrogens with zero attached hydrogens (tertiary/aromatic N) is 1. The van der Waals surface area contributed by atoms with Gasteiger partial charge in [-0.15, -0.1) is 0 Å². The molecule has 0 amide bonds. The van der Waals surface area contributed by atoms with E-state index in [1.807, 2.05) is 20.8 Å². The highest BCUT2D eigenvalue weighted by molar-refractivity contribution is 5.34. The molecule has 1 aromatic carbocycles. The molecule has 0 saturated heterocycles. The minimum atomic E-state index is -0.926. The van der Waals surface area contributed by atoms with E-state index in [9.17, 15) is 20.3 Å². The lowest BCUT2D eigenvalue weighted by molar-refractivity contribution is -0.384. The highest BCUT2D eigenvalue weighted by Crippen LogP contribution is 2.21. The fourth-order valence-corrected chi connectivity index (χ4v) is 1.81. The zero-order valence-electron chi connectivity index (χ0n) is 11.3. The molecule has 6 nitrogen and oxygen atoms in total. The van der Waals surface area contributed by atoms with E-state index in [2.05, 4.69) is 5.32 Å². The predicted molar refractivity (Wildman–Crippen MR) is 71.8 cm³/mol. The summed E-state index contributed by atoms with van der Waals surface area (Å²) in [6, 6.07) is 5.14. The van der Waals surface area contributed by atoms with Gasteiger partial charge in [-0.1, -0.05) is 0 Å². The Hall–Kier alpha value is -1.50. The summed E-state index contributed by atoms with van der Waals surface area (Å²) >= 11 is 0. The Morgan fingerprint density at radius 3 is 2.21 bits per heavy atom. The third-order valence-corrected chi connectivity index (χ3v) is 2.64. The maximum Gasteiger partial charge on any atom is 0.269 e. The van der Waals surface area contributed by atoms with Crippen LogP contribution < -0.4 is 5.32 Å². The highest BCUT2D eigenvalue weighted by Gasteiger charge is 2.24. The first-order chi connectivity index (χ1) is 8.74. The minimum absolute atomic E-state index is 0.0275. The predicted octanol–water partition coefficient (Wildman–Crippen LogP) is 1.38. The molecule has 0 radical (unpaired) electrons. The molecule has 1 rings (SSSR count). The SMILES string of the molecule is CC(C)(C)N[C@H](CO)[C@H](O)c1ccc([N+](=O)[O-])cc1. The first-order valence-electron chi connectivity index (χ1n) is 6.05. The van der Waals surface area contributed by atoms with Gasteiger partial charge < -0.3 is 15.5 Å².